The average molecular weight is 530 g/mol. The van der Waals surface area contributed by atoms with Gasteiger partial charge in [0.05, 0.1) is 31.0 Å². The summed E-state index contributed by atoms with van der Waals surface area (Å²) in [6.07, 6.45) is 19.5. The summed E-state index contributed by atoms with van der Waals surface area (Å²) in [5.74, 6) is 0. The first-order valence-corrected chi connectivity index (χ1v) is 15.3. The molecule has 1 aromatic rings. The van der Waals surface area contributed by atoms with Gasteiger partial charge in [0.1, 0.15) is 0 Å². The SMILES string of the molecule is CCCCCCCCCCCCCCCCCC(COP(=O)(O)O)OCc1cc(Cl)cc(C#N)c1. The molecular formula is C27H45ClNO5P. The zero-order valence-corrected chi connectivity index (χ0v) is 23.1. The summed E-state index contributed by atoms with van der Waals surface area (Å²) in [5.41, 5.74) is 1.19. The Morgan fingerprint density at radius 1 is 0.886 bits per heavy atom. The molecule has 1 rings (SSSR count). The Bertz CT molecular complexity index is 764. The van der Waals surface area contributed by atoms with Crippen molar-refractivity contribution in [3.05, 3.63) is 34.3 Å². The van der Waals surface area contributed by atoms with E-state index < -0.39 is 13.9 Å². The highest BCUT2D eigenvalue weighted by Crippen LogP contribution is 2.36. The van der Waals surface area contributed by atoms with Gasteiger partial charge in [-0.05, 0) is 30.2 Å². The molecule has 0 saturated heterocycles. The topological polar surface area (TPSA) is 99.8 Å². The maximum absolute atomic E-state index is 11.1. The van der Waals surface area contributed by atoms with E-state index in [1.54, 1.807) is 18.2 Å². The minimum absolute atomic E-state index is 0.172. The van der Waals surface area contributed by atoms with Gasteiger partial charge in [0.2, 0.25) is 0 Å². The molecule has 0 aliphatic heterocycles. The van der Waals surface area contributed by atoms with Crippen molar-refractivity contribution in [2.75, 3.05) is 6.61 Å². The molecule has 0 fully saturated rings. The predicted molar refractivity (Wildman–Crippen MR) is 142 cm³/mol. The van der Waals surface area contributed by atoms with Crippen LogP contribution in [0.25, 0.3) is 0 Å². The number of nitriles is 1. The van der Waals surface area contributed by atoms with E-state index in [0.29, 0.717) is 17.0 Å². The van der Waals surface area contributed by atoms with Crippen LogP contribution in [0.1, 0.15) is 121 Å². The van der Waals surface area contributed by atoms with E-state index >= 15 is 0 Å². The minimum atomic E-state index is -4.55. The number of halogens is 1. The van der Waals surface area contributed by atoms with Crippen molar-refractivity contribution < 1.29 is 23.6 Å². The third-order valence-electron chi connectivity index (χ3n) is 6.13. The molecule has 1 aromatic carbocycles. The highest BCUT2D eigenvalue weighted by atomic mass is 35.5. The summed E-state index contributed by atoms with van der Waals surface area (Å²) in [4.78, 5) is 18.1. The fourth-order valence-electron chi connectivity index (χ4n) is 4.15. The quantitative estimate of drug-likeness (QED) is 0.115. The van der Waals surface area contributed by atoms with Gasteiger partial charge >= 0.3 is 7.82 Å². The van der Waals surface area contributed by atoms with E-state index in [1.807, 2.05) is 0 Å². The fourth-order valence-corrected chi connectivity index (χ4v) is 4.77. The number of hydrogen-bond acceptors (Lipinski definition) is 4. The lowest BCUT2D eigenvalue weighted by Crippen LogP contribution is -2.19. The number of ether oxygens (including phenoxy) is 1. The van der Waals surface area contributed by atoms with Gasteiger partial charge in [0.25, 0.3) is 0 Å². The summed E-state index contributed by atoms with van der Waals surface area (Å²) in [6.45, 7) is 2.28. The first-order valence-electron chi connectivity index (χ1n) is 13.3. The molecule has 0 spiro atoms. The Labute approximate surface area is 217 Å². The zero-order valence-electron chi connectivity index (χ0n) is 21.4. The van der Waals surface area contributed by atoms with Crippen LogP contribution in [0, 0.1) is 11.3 Å². The van der Waals surface area contributed by atoms with E-state index in [2.05, 4.69) is 17.5 Å². The average Bonchev–Trinajstić information content (AvgIpc) is 2.81. The Kier molecular flexibility index (Phi) is 18.5. The molecule has 0 bridgehead atoms. The summed E-state index contributed by atoms with van der Waals surface area (Å²) >= 11 is 6.04. The van der Waals surface area contributed by atoms with Crippen molar-refractivity contribution in [1.29, 1.82) is 5.26 Å². The highest BCUT2D eigenvalue weighted by Gasteiger charge is 2.19. The number of unbranched alkanes of at least 4 members (excludes halogenated alkanes) is 14. The Balaban J connectivity index is 2.18. The molecular weight excluding hydrogens is 485 g/mol. The van der Waals surface area contributed by atoms with Crippen LogP contribution in [0.15, 0.2) is 18.2 Å². The van der Waals surface area contributed by atoms with E-state index in [1.165, 1.54) is 77.0 Å². The first-order chi connectivity index (χ1) is 16.8. The van der Waals surface area contributed by atoms with Crippen molar-refractivity contribution in [3.8, 4) is 6.07 Å². The molecule has 0 radical (unpaired) electrons. The Morgan fingerprint density at radius 3 is 1.89 bits per heavy atom. The van der Waals surface area contributed by atoms with Gasteiger partial charge in [-0.2, -0.15) is 5.26 Å². The Morgan fingerprint density at radius 2 is 1.40 bits per heavy atom. The van der Waals surface area contributed by atoms with E-state index in [-0.39, 0.29) is 13.2 Å². The van der Waals surface area contributed by atoms with Crippen LogP contribution in [0.3, 0.4) is 0 Å². The van der Waals surface area contributed by atoms with Gasteiger partial charge in [0.15, 0.2) is 0 Å². The molecule has 0 aliphatic rings. The van der Waals surface area contributed by atoms with Crippen molar-refractivity contribution in [3.63, 3.8) is 0 Å². The smallest absolute Gasteiger partial charge is 0.371 e. The summed E-state index contributed by atoms with van der Waals surface area (Å²) in [6, 6.07) is 7.05. The number of rotatable bonds is 22. The number of hydrogen-bond donors (Lipinski definition) is 2. The van der Waals surface area contributed by atoms with Gasteiger partial charge in [0, 0.05) is 5.02 Å². The molecule has 1 unspecified atom stereocenters. The molecule has 8 heteroatoms. The molecule has 0 saturated carbocycles. The number of benzene rings is 1. The largest absolute Gasteiger partial charge is 0.469 e. The van der Waals surface area contributed by atoms with E-state index in [4.69, 9.17) is 31.4 Å². The van der Waals surface area contributed by atoms with Crippen LogP contribution >= 0.6 is 19.4 Å². The second-order valence-electron chi connectivity index (χ2n) is 9.42. The van der Waals surface area contributed by atoms with Crippen molar-refractivity contribution >= 4 is 19.4 Å². The maximum Gasteiger partial charge on any atom is 0.469 e. The highest BCUT2D eigenvalue weighted by molar-refractivity contribution is 7.46. The second kappa shape index (κ2) is 20.2. The van der Waals surface area contributed by atoms with Gasteiger partial charge in [-0.25, -0.2) is 4.57 Å². The van der Waals surface area contributed by atoms with E-state index in [9.17, 15) is 4.57 Å². The molecule has 35 heavy (non-hydrogen) atoms. The molecule has 0 aliphatic carbocycles. The van der Waals surface area contributed by atoms with Gasteiger partial charge in [-0.1, -0.05) is 115 Å². The molecule has 0 aromatic heterocycles. The standard InChI is InChI=1S/C27H45ClNO5P/c1-2-3-4-5-6-7-8-9-10-11-12-13-14-15-16-17-27(23-34-35(30,31)32)33-22-25-18-24(21-29)19-26(28)20-25/h18-20,27H,2-17,22-23H2,1H3,(H2,30,31,32). The van der Waals surface area contributed by atoms with Gasteiger partial charge < -0.3 is 14.5 Å². The maximum atomic E-state index is 11.1. The normalized spacial score (nSPS) is 12.5. The Hall–Kier alpha value is -0.930. The first kappa shape index (κ1) is 32.1. The fraction of sp³-hybridized carbons (Fsp3) is 0.741. The third-order valence-corrected chi connectivity index (χ3v) is 6.83. The molecule has 0 amide bonds. The third kappa shape index (κ3) is 18.9. The van der Waals surface area contributed by atoms with Crippen LogP contribution in [-0.2, 0) is 20.4 Å². The molecule has 1 atom stereocenters. The van der Waals surface area contributed by atoms with Crippen LogP contribution in [0.4, 0.5) is 0 Å². The second-order valence-corrected chi connectivity index (χ2v) is 11.1. The number of nitrogens with zero attached hydrogens (tertiary/aromatic N) is 1. The predicted octanol–water partition coefficient (Wildman–Crippen LogP) is 8.47. The molecule has 6 nitrogen and oxygen atoms in total. The van der Waals surface area contributed by atoms with Crippen LogP contribution in [-0.4, -0.2) is 22.5 Å². The van der Waals surface area contributed by atoms with Crippen LogP contribution in [0.5, 0.6) is 0 Å². The van der Waals surface area contributed by atoms with Crippen LogP contribution < -0.4 is 0 Å². The zero-order chi connectivity index (χ0) is 25.8. The molecule has 200 valence electrons. The van der Waals surface area contributed by atoms with Gasteiger partial charge in [-0.15, -0.1) is 0 Å². The lowest BCUT2D eigenvalue weighted by molar-refractivity contribution is -0.00375. The van der Waals surface area contributed by atoms with Crippen molar-refractivity contribution in [1.82, 2.24) is 0 Å². The van der Waals surface area contributed by atoms with Gasteiger partial charge in [-0.3, -0.25) is 4.52 Å². The van der Waals surface area contributed by atoms with Crippen LogP contribution in [0.2, 0.25) is 5.02 Å². The summed E-state index contributed by atoms with van der Waals surface area (Å²) in [5, 5.41) is 9.54. The van der Waals surface area contributed by atoms with Crippen molar-refractivity contribution in [2.45, 2.75) is 122 Å². The summed E-state index contributed by atoms with van der Waals surface area (Å²) in [7, 11) is -4.55. The monoisotopic (exact) mass is 529 g/mol. The molecule has 2 N–H and O–H groups in total. The lowest BCUT2D eigenvalue weighted by Gasteiger charge is -2.18. The van der Waals surface area contributed by atoms with E-state index in [0.717, 1.165) is 24.8 Å². The minimum Gasteiger partial charge on any atom is -0.371 e. The van der Waals surface area contributed by atoms with Crippen molar-refractivity contribution in [2.24, 2.45) is 0 Å². The summed E-state index contributed by atoms with van der Waals surface area (Å²) < 4.78 is 21.7. The molecule has 0 heterocycles. The lowest BCUT2D eigenvalue weighted by atomic mass is 10.0. The number of phosphoric ester groups is 1. The number of phosphoric acid groups is 1.